The van der Waals surface area contributed by atoms with Crippen molar-refractivity contribution in [2.45, 2.75) is 50.2 Å². The molecule has 0 aliphatic heterocycles. The van der Waals surface area contributed by atoms with E-state index in [-0.39, 0.29) is 6.04 Å². The maximum absolute atomic E-state index is 10.9. The van der Waals surface area contributed by atoms with Crippen LogP contribution in [0.4, 0.5) is 0 Å². The van der Waals surface area contributed by atoms with Gasteiger partial charge in [0.25, 0.3) is 0 Å². The van der Waals surface area contributed by atoms with E-state index in [1.54, 1.807) is 18.2 Å². The van der Waals surface area contributed by atoms with Crippen LogP contribution >= 0.6 is 0 Å². The maximum Gasteiger partial charge on any atom is 0.335 e. The lowest BCUT2D eigenvalue weighted by Crippen LogP contribution is -2.39. The monoisotopic (exact) mass is 263 g/mol. The van der Waals surface area contributed by atoms with Gasteiger partial charge in [0.15, 0.2) is 0 Å². The summed E-state index contributed by atoms with van der Waals surface area (Å²) in [5.41, 5.74) is 6.47. The summed E-state index contributed by atoms with van der Waals surface area (Å²) in [6.07, 6.45) is 4.59. The number of aromatic carboxylic acids is 1. The molecule has 1 fully saturated rings. The molecule has 0 aromatic heterocycles. The first-order chi connectivity index (χ1) is 8.98. The standard InChI is InChI=1S/C15H21NO3/c16-13-5-8-15(19,9-6-13)7-4-11-2-1-3-12(10-11)14(17)18/h1-3,10,13,19H,4-9,16H2,(H,17,18). The zero-order valence-electron chi connectivity index (χ0n) is 11.0. The number of carboxylic acids is 1. The zero-order chi connectivity index (χ0) is 13.9. The Morgan fingerprint density at radius 1 is 1.37 bits per heavy atom. The fourth-order valence-corrected chi connectivity index (χ4v) is 2.66. The molecule has 0 amide bonds. The largest absolute Gasteiger partial charge is 0.478 e. The summed E-state index contributed by atoms with van der Waals surface area (Å²) in [4.78, 5) is 10.9. The van der Waals surface area contributed by atoms with Gasteiger partial charge in [-0.1, -0.05) is 12.1 Å². The first-order valence-corrected chi connectivity index (χ1v) is 6.79. The smallest absolute Gasteiger partial charge is 0.335 e. The number of hydrogen-bond donors (Lipinski definition) is 3. The summed E-state index contributed by atoms with van der Waals surface area (Å²) in [6.45, 7) is 0. The van der Waals surface area contributed by atoms with Gasteiger partial charge < -0.3 is 15.9 Å². The van der Waals surface area contributed by atoms with Gasteiger partial charge in [0.05, 0.1) is 11.2 Å². The van der Waals surface area contributed by atoms with Crippen LogP contribution in [0.1, 0.15) is 48.0 Å². The highest BCUT2D eigenvalue weighted by Crippen LogP contribution is 2.31. The molecule has 0 bridgehead atoms. The minimum Gasteiger partial charge on any atom is -0.478 e. The zero-order valence-corrected chi connectivity index (χ0v) is 11.0. The van der Waals surface area contributed by atoms with Crippen molar-refractivity contribution in [2.75, 3.05) is 0 Å². The van der Waals surface area contributed by atoms with E-state index in [2.05, 4.69) is 0 Å². The molecule has 0 heterocycles. The van der Waals surface area contributed by atoms with Crippen LogP contribution in [0.15, 0.2) is 24.3 Å². The predicted molar refractivity (Wildman–Crippen MR) is 73.1 cm³/mol. The number of aryl methyl sites for hydroxylation is 1. The Labute approximate surface area is 113 Å². The number of carboxylic acid groups (broad SMARTS) is 1. The molecule has 0 unspecified atom stereocenters. The molecule has 1 aromatic rings. The molecule has 0 radical (unpaired) electrons. The lowest BCUT2D eigenvalue weighted by atomic mass is 9.79. The molecule has 19 heavy (non-hydrogen) atoms. The van der Waals surface area contributed by atoms with Crippen molar-refractivity contribution in [1.29, 1.82) is 0 Å². The summed E-state index contributed by atoms with van der Waals surface area (Å²) >= 11 is 0. The summed E-state index contributed by atoms with van der Waals surface area (Å²) in [6, 6.07) is 7.14. The highest BCUT2D eigenvalue weighted by molar-refractivity contribution is 5.87. The Morgan fingerprint density at radius 3 is 2.68 bits per heavy atom. The van der Waals surface area contributed by atoms with Crippen molar-refractivity contribution >= 4 is 5.97 Å². The Morgan fingerprint density at radius 2 is 2.05 bits per heavy atom. The Kier molecular flexibility index (Phi) is 4.22. The van der Waals surface area contributed by atoms with Crippen LogP contribution in [-0.4, -0.2) is 27.8 Å². The second-order valence-electron chi connectivity index (χ2n) is 5.57. The van der Waals surface area contributed by atoms with Gasteiger partial charge in [-0.05, 0) is 56.2 Å². The fraction of sp³-hybridized carbons (Fsp3) is 0.533. The average Bonchev–Trinajstić information content (AvgIpc) is 2.41. The lowest BCUT2D eigenvalue weighted by Gasteiger charge is -2.34. The predicted octanol–water partition coefficient (Wildman–Crippen LogP) is 1.95. The maximum atomic E-state index is 10.9. The fourth-order valence-electron chi connectivity index (χ4n) is 2.66. The van der Waals surface area contributed by atoms with Gasteiger partial charge in [-0.2, -0.15) is 0 Å². The van der Waals surface area contributed by atoms with E-state index >= 15 is 0 Å². The van der Waals surface area contributed by atoms with Gasteiger partial charge in [0, 0.05) is 6.04 Å². The number of nitrogens with two attached hydrogens (primary N) is 1. The summed E-state index contributed by atoms with van der Waals surface area (Å²) < 4.78 is 0. The highest BCUT2D eigenvalue weighted by Gasteiger charge is 2.31. The lowest BCUT2D eigenvalue weighted by molar-refractivity contribution is -0.00750. The molecule has 4 nitrogen and oxygen atoms in total. The topological polar surface area (TPSA) is 83.5 Å². The first-order valence-electron chi connectivity index (χ1n) is 6.79. The molecule has 0 spiro atoms. The second kappa shape index (κ2) is 5.72. The number of aliphatic hydroxyl groups is 1. The molecule has 0 atom stereocenters. The van der Waals surface area contributed by atoms with E-state index in [1.807, 2.05) is 6.07 Å². The number of rotatable bonds is 4. The second-order valence-corrected chi connectivity index (χ2v) is 5.57. The van der Waals surface area contributed by atoms with Crippen molar-refractivity contribution in [3.8, 4) is 0 Å². The number of hydrogen-bond acceptors (Lipinski definition) is 3. The first kappa shape index (κ1) is 14.0. The number of benzene rings is 1. The Hall–Kier alpha value is -1.39. The van der Waals surface area contributed by atoms with Crippen LogP contribution in [0.2, 0.25) is 0 Å². The molecule has 2 rings (SSSR count). The molecule has 1 aliphatic rings. The minimum absolute atomic E-state index is 0.218. The van der Waals surface area contributed by atoms with Crippen LogP contribution in [0.25, 0.3) is 0 Å². The van der Waals surface area contributed by atoms with Crippen LogP contribution in [0.3, 0.4) is 0 Å². The van der Waals surface area contributed by atoms with Crippen LogP contribution < -0.4 is 5.73 Å². The molecule has 1 aliphatic carbocycles. The van der Waals surface area contributed by atoms with Crippen molar-refractivity contribution < 1.29 is 15.0 Å². The third-order valence-corrected chi connectivity index (χ3v) is 4.01. The summed E-state index contributed by atoms with van der Waals surface area (Å²) in [5, 5.41) is 19.4. The minimum atomic E-state index is -0.913. The molecule has 0 saturated heterocycles. The van der Waals surface area contributed by atoms with Gasteiger partial charge in [-0.25, -0.2) is 4.79 Å². The van der Waals surface area contributed by atoms with Gasteiger partial charge in [0.1, 0.15) is 0 Å². The Bertz CT molecular complexity index is 450. The molecule has 4 N–H and O–H groups in total. The molecule has 4 heteroatoms. The quantitative estimate of drug-likeness (QED) is 0.775. The summed E-state index contributed by atoms with van der Waals surface area (Å²) in [5.74, 6) is -0.913. The van der Waals surface area contributed by atoms with E-state index in [9.17, 15) is 9.90 Å². The van der Waals surface area contributed by atoms with E-state index in [0.717, 1.165) is 31.2 Å². The SMILES string of the molecule is NC1CCC(O)(CCc2cccc(C(=O)O)c2)CC1. The molecular formula is C15H21NO3. The van der Waals surface area contributed by atoms with Gasteiger partial charge in [0.2, 0.25) is 0 Å². The Balaban J connectivity index is 1.95. The van der Waals surface area contributed by atoms with Crippen LogP contribution in [-0.2, 0) is 6.42 Å². The molecule has 1 saturated carbocycles. The van der Waals surface area contributed by atoms with Crippen LogP contribution in [0.5, 0.6) is 0 Å². The molecule has 1 aromatic carbocycles. The van der Waals surface area contributed by atoms with E-state index in [1.165, 1.54) is 0 Å². The van der Waals surface area contributed by atoms with Crippen molar-refractivity contribution in [2.24, 2.45) is 5.73 Å². The molecule has 104 valence electrons. The van der Waals surface area contributed by atoms with Crippen molar-refractivity contribution in [3.05, 3.63) is 35.4 Å². The van der Waals surface area contributed by atoms with Crippen LogP contribution in [0, 0.1) is 0 Å². The van der Waals surface area contributed by atoms with Gasteiger partial charge in [-0.3, -0.25) is 0 Å². The third kappa shape index (κ3) is 3.78. The van der Waals surface area contributed by atoms with Crippen molar-refractivity contribution in [3.63, 3.8) is 0 Å². The molecular weight excluding hydrogens is 242 g/mol. The summed E-state index contributed by atoms with van der Waals surface area (Å²) in [7, 11) is 0. The van der Waals surface area contributed by atoms with E-state index in [0.29, 0.717) is 18.4 Å². The van der Waals surface area contributed by atoms with Gasteiger partial charge >= 0.3 is 5.97 Å². The third-order valence-electron chi connectivity index (χ3n) is 4.01. The average molecular weight is 263 g/mol. The highest BCUT2D eigenvalue weighted by atomic mass is 16.4. The van der Waals surface area contributed by atoms with E-state index in [4.69, 9.17) is 10.8 Å². The normalized spacial score (nSPS) is 27.2. The number of carbonyl (C=O) groups is 1. The van der Waals surface area contributed by atoms with Gasteiger partial charge in [-0.15, -0.1) is 0 Å². The van der Waals surface area contributed by atoms with Crippen molar-refractivity contribution in [1.82, 2.24) is 0 Å². The van der Waals surface area contributed by atoms with E-state index < -0.39 is 11.6 Å².